The molecule has 4 amide bonds. The van der Waals surface area contributed by atoms with Gasteiger partial charge in [-0.2, -0.15) is 0 Å². The number of carbonyl (C=O) groups excluding carboxylic acids is 5. The first kappa shape index (κ1) is 40.2. The molecule has 4 N–H and O–H groups in total. The van der Waals surface area contributed by atoms with Crippen LogP contribution in [0.15, 0.2) is 60.7 Å². The van der Waals surface area contributed by atoms with Gasteiger partial charge in [0.25, 0.3) is 0 Å². The van der Waals surface area contributed by atoms with Crippen molar-refractivity contribution in [3.05, 3.63) is 71.8 Å². The molecule has 0 radical (unpaired) electrons. The van der Waals surface area contributed by atoms with Gasteiger partial charge >= 0.3 is 6.09 Å². The number of epoxide rings is 1. The molecule has 5 atom stereocenters. The quantitative estimate of drug-likeness (QED) is 0.166. The minimum absolute atomic E-state index is 0.00126. The van der Waals surface area contributed by atoms with E-state index in [-0.39, 0.29) is 36.9 Å². The highest BCUT2D eigenvalue weighted by Crippen LogP contribution is 2.29. The van der Waals surface area contributed by atoms with Crippen molar-refractivity contribution in [3.8, 4) is 0 Å². The maximum atomic E-state index is 14.0. The molecule has 1 saturated heterocycles. The van der Waals surface area contributed by atoms with Crippen molar-refractivity contribution in [2.75, 3.05) is 6.61 Å². The third kappa shape index (κ3) is 13.6. The van der Waals surface area contributed by atoms with E-state index in [1.807, 2.05) is 88.4 Å². The lowest BCUT2D eigenvalue weighted by Crippen LogP contribution is -2.59. The monoisotopic (exact) mass is 692 g/mol. The predicted molar refractivity (Wildman–Crippen MR) is 192 cm³/mol. The van der Waals surface area contributed by atoms with Crippen molar-refractivity contribution in [3.63, 3.8) is 0 Å². The van der Waals surface area contributed by atoms with Crippen LogP contribution in [0.25, 0.3) is 0 Å². The molecule has 2 aromatic carbocycles. The Balaban J connectivity index is 1.83. The summed E-state index contributed by atoms with van der Waals surface area (Å²) in [6.07, 6.45) is 0.867. The van der Waals surface area contributed by atoms with Crippen LogP contribution in [-0.4, -0.2) is 71.6 Å². The molecule has 0 spiro atoms. The fourth-order valence-corrected chi connectivity index (χ4v) is 5.58. The molecule has 1 aliphatic rings. The van der Waals surface area contributed by atoms with Crippen LogP contribution in [0.1, 0.15) is 85.8 Å². The first-order valence-corrected chi connectivity index (χ1v) is 17.6. The lowest BCUT2D eigenvalue weighted by Gasteiger charge is -2.28. The molecule has 274 valence electrons. The maximum Gasteiger partial charge on any atom is 0.408 e. The van der Waals surface area contributed by atoms with Crippen LogP contribution in [0.2, 0.25) is 0 Å². The highest BCUT2D eigenvalue weighted by Gasteiger charge is 2.50. The highest BCUT2D eigenvalue weighted by atomic mass is 16.6. The number of ketones is 1. The van der Waals surface area contributed by atoms with Crippen molar-refractivity contribution in [1.82, 2.24) is 21.3 Å². The zero-order chi connectivity index (χ0) is 37.1. The Morgan fingerprint density at radius 2 is 1.16 bits per heavy atom. The third-order valence-electron chi connectivity index (χ3n) is 8.27. The standard InChI is InChI=1S/C39H56N4O7/c1-25(2)21-30(33(44)39(8)24-49-39)40-36(47)32(23-28-17-13-10-14-18-28)42-35(46)31(22-26(3)4)41-34(45)29(43-37(48)50-38(5,6)7)20-19-27-15-11-9-12-16-27/h9-18,25-26,29-32H,19-24H2,1-8H3,(H,40,47)(H,41,45)(H,42,46)(H,43,48)/t29-,30?,31+,32-,39?/m0/s1. The average molecular weight is 693 g/mol. The van der Waals surface area contributed by atoms with Gasteiger partial charge in [-0.25, -0.2) is 4.79 Å². The van der Waals surface area contributed by atoms with Crippen LogP contribution in [-0.2, 0) is 41.5 Å². The number of ether oxygens (including phenoxy) is 2. The molecule has 11 heteroatoms. The van der Waals surface area contributed by atoms with Crippen LogP contribution in [0.4, 0.5) is 4.79 Å². The lowest BCUT2D eigenvalue weighted by atomic mass is 9.93. The number of amides is 4. The number of Topliss-reactive ketones (excluding diaryl/α,β-unsaturated/α-hetero) is 1. The Kier molecular flexibility index (Phi) is 14.6. The molecule has 0 aromatic heterocycles. The van der Waals surface area contributed by atoms with Crippen LogP contribution in [0, 0.1) is 11.8 Å². The van der Waals surface area contributed by atoms with Gasteiger partial charge in [-0.1, -0.05) is 88.4 Å². The molecule has 3 rings (SSSR count). The van der Waals surface area contributed by atoms with E-state index in [0.717, 1.165) is 11.1 Å². The summed E-state index contributed by atoms with van der Waals surface area (Å²) in [6, 6.07) is 15.0. The Bertz CT molecular complexity index is 1440. The molecular weight excluding hydrogens is 636 g/mol. The molecular formula is C39H56N4O7. The van der Waals surface area contributed by atoms with E-state index in [4.69, 9.17) is 9.47 Å². The van der Waals surface area contributed by atoms with Gasteiger partial charge in [0.1, 0.15) is 29.3 Å². The van der Waals surface area contributed by atoms with Crippen LogP contribution in [0.3, 0.4) is 0 Å². The number of rotatable bonds is 18. The molecule has 1 heterocycles. The predicted octanol–water partition coefficient (Wildman–Crippen LogP) is 4.66. The second-order valence-electron chi connectivity index (χ2n) is 15.2. The number of benzene rings is 2. The summed E-state index contributed by atoms with van der Waals surface area (Å²) in [5.74, 6) is -1.69. The molecule has 0 aliphatic carbocycles. The van der Waals surface area contributed by atoms with E-state index in [1.165, 1.54) is 0 Å². The average Bonchev–Trinajstić information content (AvgIpc) is 3.79. The molecule has 2 unspecified atom stereocenters. The third-order valence-corrected chi connectivity index (χ3v) is 8.27. The summed E-state index contributed by atoms with van der Waals surface area (Å²) in [5, 5.41) is 11.3. The molecule has 0 bridgehead atoms. The number of nitrogens with one attached hydrogen (secondary N) is 4. The van der Waals surface area contributed by atoms with Gasteiger partial charge in [0.15, 0.2) is 5.78 Å². The first-order valence-electron chi connectivity index (χ1n) is 17.6. The minimum atomic E-state index is -1.04. The van der Waals surface area contributed by atoms with E-state index in [2.05, 4.69) is 21.3 Å². The molecule has 2 aromatic rings. The maximum absolute atomic E-state index is 14.0. The van der Waals surface area contributed by atoms with Gasteiger partial charge in [-0.15, -0.1) is 0 Å². The van der Waals surface area contributed by atoms with Crippen LogP contribution in [0.5, 0.6) is 0 Å². The molecule has 11 nitrogen and oxygen atoms in total. The molecule has 0 saturated carbocycles. The van der Waals surface area contributed by atoms with Crippen molar-refractivity contribution in [2.24, 2.45) is 11.8 Å². The van der Waals surface area contributed by atoms with Crippen LogP contribution < -0.4 is 21.3 Å². The van der Waals surface area contributed by atoms with Crippen molar-refractivity contribution < 1.29 is 33.4 Å². The molecule has 50 heavy (non-hydrogen) atoms. The Morgan fingerprint density at radius 3 is 1.68 bits per heavy atom. The number of hydrogen-bond acceptors (Lipinski definition) is 7. The second-order valence-corrected chi connectivity index (χ2v) is 15.2. The van der Waals surface area contributed by atoms with Gasteiger partial charge in [0.2, 0.25) is 17.7 Å². The Hall–Kier alpha value is -4.25. The largest absolute Gasteiger partial charge is 0.444 e. The second kappa shape index (κ2) is 18.1. The van der Waals surface area contributed by atoms with Gasteiger partial charge in [-0.3, -0.25) is 19.2 Å². The Morgan fingerprint density at radius 1 is 0.700 bits per heavy atom. The van der Waals surface area contributed by atoms with Crippen molar-refractivity contribution in [2.45, 2.75) is 123 Å². The van der Waals surface area contributed by atoms with E-state index in [9.17, 15) is 24.0 Å². The lowest BCUT2D eigenvalue weighted by molar-refractivity contribution is -0.134. The number of aryl methyl sites for hydroxylation is 1. The number of alkyl carbamates (subject to hydrolysis) is 1. The van der Waals surface area contributed by atoms with Crippen LogP contribution >= 0.6 is 0 Å². The molecule has 1 fully saturated rings. The normalized spacial score (nSPS) is 18.0. The molecule has 1 aliphatic heterocycles. The fraction of sp³-hybridized carbons (Fsp3) is 0.564. The van der Waals surface area contributed by atoms with Gasteiger partial charge in [0.05, 0.1) is 12.6 Å². The number of carbonyl (C=O) groups is 5. The van der Waals surface area contributed by atoms with E-state index in [0.29, 0.717) is 19.4 Å². The minimum Gasteiger partial charge on any atom is -0.444 e. The van der Waals surface area contributed by atoms with Gasteiger partial charge in [0, 0.05) is 6.42 Å². The Labute approximate surface area is 297 Å². The highest BCUT2D eigenvalue weighted by molar-refractivity contribution is 5.98. The summed E-state index contributed by atoms with van der Waals surface area (Å²) < 4.78 is 10.8. The van der Waals surface area contributed by atoms with Gasteiger partial charge in [-0.05, 0) is 76.3 Å². The summed E-state index contributed by atoms with van der Waals surface area (Å²) in [5.41, 5.74) is 0.0894. The summed E-state index contributed by atoms with van der Waals surface area (Å²) >= 11 is 0. The topological polar surface area (TPSA) is 155 Å². The zero-order valence-corrected chi connectivity index (χ0v) is 30.8. The van der Waals surface area contributed by atoms with E-state index in [1.54, 1.807) is 27.7 Å². The summed E-state index contributed by atoms with van der Waals surface area (Å²) in [6.45, 7) is 15.0. The first-order chi connectivity index (χ1) is 23.5. The zero-order valence-electron chi connectivity index (χ0n) is 30.8. The smallest absolute Gasteiger partial charge is 0.408 e. The SMILES string of the molecule is CC(C)CC(NC(=O)[C@H](Cc1ccccc1)NC(=O)[C@@H](CC(C)C)NC(=O)[C@H](CCc1ccccc1)NC(=O)OC(C)(C)C)C(=O)C1(C)CO1. The number of hydrogen-bond donors (Lipinski definition) is 4. The van der Waals surface area contributed by atoms with Gasteiger partial charge < -0.3 is 30.7 Å². The van der Waals surface area contributed by atoms with Crippen molar-refractivity contribution >= 4 is 29.6 Å². The summed E-state index contributed by atoms with van der Waals surface area (Å²) in [4.78, 5) is 67.8. The van der Waals surface area contributed by atoms with Crippen molar-refractivity contribution in [1.29, 1.82) is 0 Å². The van der Waals surface area contributed by atoms with E-state index >= 15 is 0 Å². The van der Waals surface area contributed by atoms with E-state index < -0.39 is 59.2 Å². The fourth-order valence-electron chi connectivity index (χ4n) is 5.58. The summed E-state index contributed by atoms with van der Waals surface area (Å²) in [7, 11) is 0.